The number of carbonyl (C=O) groups is 3. The molecular formula is C25H34F3N3O5. The summed E-state index contributed by atoms with van der Waals surface area (Å²) in [5, 5.41) is 16.5. The summed E-state index contributed by atoms with van der Waals surface area (Å²) < 4.78 is 31.7. The number of hydrogen-bond acceptors (Lipinski definition) is 5. The summed E-state index contributed by atoms with van der Waals surface area (Å²) in [5.41, 5.74) is 7.27. The Hall–Kier alpha value is -2.66. The number of carboxylic acids is 1. The molecule has 1 aromatic carbocycles. The van der Waals surface area contributed by atoms with Gasteiger partial charge in [0.1, 0.15) is 6.61 Å². The lowest BCUT2D eigenvalue weighted by Gasteiger charge is -2.41. The lowest BCUT2D eigenvalue weighted by Crippen LogP contribution is -2.48. The molecule has 1 aromatic rings. The first-order valence-electron chi connectivity index (χ1n) is 12.3. The highest BCUT2D eigenvalue weighted by Crippen LogP contribution is 2.43. The van der Waals surface area contributed by atoms with E-state index in [1.165, 1.54) is 37.7 Å². The molecule has 0 aromatic heterocycles. The number of alkyl halides is 3. The van der Waals surface area contributed by atoms with Gasteiger partial charge in [0.15, 0.2) is 0 Å². The SMILES string of the molecule is NC(=O)c1cccc(C2CC3CCC(C2)N3CCN(CC2CCC2)C(=O)CO)c1.O=C(O)C(F)(F)F. The predicted molar refractivity (Wildman–Crippen MR) is 125 cm³/mol. The molecule has 2 unspecified atom stereocenters. The molecular weight excluding hydrogens is 479 g/mol. The van der Waals surface area contributed by atoms with E-state index in [1.807, 2.05) is 17.0 Å². The van der Waals surface area contributed by atoms with Gasteiger partial charge in [-0.2, -0.15) is 13.2 Å². The molecule has 0 radical (unpaired) electrons. The van der Waals surface area contributed by atoms with E-state index >= 15 is 0 Å². The standard InChI is InChI=1S/C23H33N3O3.C2HF3O2/c24-23(29)18-6-2-5-17(11-18)19-12-20-7-8-21(13-19)26(20)10-9-25(22(28)15-27)14-16-3-1-4-16;3-2(4,5)1(6)7/h2,5-6,11,16,19-21,27H,1,3-4,7-10,12-15H2,(H2,24,29);(H,6,7). The number of nitrogens with zero attached hydrogens (tertiary/aromatic N) is 2. The second kappa shape index (κ2) is 12.1. The number of carboxylic acid groups (broad SMARTS) is 1. The molecule has 4 N–H and O–H groups in total. The molecule has 1 saturated carbocycles. The Bertz CT molecular complexity index is 924. The second-order valence-electron chi connectivity index (χ2n) is 9.88. The van der Waals surface area contributed by atoms with Crippen molar-refractivity contribution in [2.45, 2.75) is 69.1 Å². The van der Waals surface area contributed by atoms with Crippen LogP contribution in [0.1, 0.15) is 66.8 Å². The Morgan fingerprint density at radius 3 is 2.17 bits per heavy atom. The van der Waals surface area contributed by atoms with Crippen LogP contribution in [-0.2, 0) is 9.59 Å². The third kappa shape index (κ3) is 7.19. The number of piperidine rings is 1. The molecule has 2 heterocycles. The predicted octanol–water partition coefficient (Wildman–Crippen LogP) is 2.75. The summed E-state index contributed by atoms with van der Waals surface area (Å²) >= 11 is 0. The first-order chi connectivity index (χ1) is 17.0. The quantitative estimate of drug-likeness (QED) is 0.491. The topological polar surface area (TPSA) is 124 Å². The maximum absolute atomic E-state index is 12.2. The molecule has 11 heteroatoms. The molecule has 2 bridgehead atoms. The normalized spacial score (nSPS) is 23.8. The van der Waals surface area contributed by atoms with Gasteiger partial charge in [0.2, 0.25) is 11.8 Å². The van der Waals surface area contributed by atoms with E-state index in [0.29, 0.717) is 36.0 Å². The number of aliphatic hydroxyl groups is 1. The number of nitrogens with two attached hydrogens (primary N) is 1. The summed E-state index contributed by atoms with van der Waals surface area (Å²) in [6, 6.07) is 8.86. The van der Waals surface area contributed by atoms with E-state index in [9.17, 15) is 27.9 Å². The van der Waals surface area contributed by atoms with Crippen LogP contribution >= 0.6 is 0 Å². The van der Waals surface area contributed by atoms with Crippen LogP contribution in [0.5, 0.6) is 0 Å². The highest BCUT2D eigenvalue weighted by Gasteiger charge is 2.41. The summed E-state index contributed by atoms with van der Waals surface area (Å²) in [4.78, 5) is 37.1. The number of amides is 2. The van der Waals surface area contributed by atoms with Gasteiger partial charge in [0.25, 0.3) is 0 Å². The van der Waals surface area contributed by atoms with Gasteiger partial charge in [-0.3, -0.25) is 14.5 Å². The number of hydrogen-bond donors (Lipinski definition) is 3. The lowest BCUT2D eigenvalue weighted by atomic mass is 9.84. The van der Waals surface area contributed by atoms with Crippen molar-refractivity contribution >= 4 is 17.8 Å². The maximum Gasteiger partial charge on any atom is 0.490 e. The van der Waals surface area contributed by atoms with Crippen molar-refractivity contribution in [2.75, 3.05) is 26.2 Å². The zero-order chi connectivity index (χ0) is 26.5. The molecule has 3 fully saturated rings. The Balaban J connectivity index is 0.000000454. The van der Waals surface area contributed by atoms with Gasteiger partial charge in [-0.05, 0) is 68.1 Å². The molecule has 8 nitrogen and oxygen atoms in total. The minimum atomic E-state index is -5.08. The summed E-state index contributed by atoms with van der Waals surface area (Å²) in [7, 11) is 0. The first-order valence-corrected chi connectivity index (χ1v) is 12.3. The molecule has 1 aliphatic carbocycles. The van der Waals surface area contributed by atoms with E-state index in [0.717, 1.165) is 25.9 Å². The third-order valence-corrected chi connectivity index (χ3v) is 7.59. The van der Waals surface area contributed by atoms with Gasteiger partial charge in [0.05, 0.1) is 0 Å². The van der Waals surface area contributed by atoms with Crippen molar-refractivity contribution < 1.29 is 37.8 Å². The van der Waals surface area contributed by atoms with Gasteiger partial charge in [-0.25, -0.2) is 4.79 Å². The van der Waals surface area contributed by atoms with E-state index in [2.05, 4.69) is 11.0 Å². The van der Waals surface area contributed by atoms with Crippen LogP contribution in [0.15, 0.2) is 24.3 Å². The average Bonchev–Trinajstić information content (AvgIpc) is 3.04. The van der Waals surface area contributed by atoms with E-state index in [-0.39, 0.29) is 11.8 Å². The summed E-state index contributed by atoms with van der Waals surface area (Å²) in [6.45, 7) is 2.01. The van der Waals surface area contributed by atoms with E-state index < -0.39 is 18.8 Å². The molecule has 2 saturated heterocycles. The minimum absolute atomic E-state index is 0.137. The number of aliphatic hydroxyl groups excluding tert-OH is 1. The molecule has 200 valence electrons. The number of halogens is 3. The Morgan fingerprint density at radius 1 is 1.08 bits per heavy atom. The van der Waals surface area contributed by atoms with Crippen LogP contribution < -0.4 is 5.73 Å². The summed E-state index contributed by atoms with van der Waals surface area (Å²) in [6.07, 6.45) is 3.18. The van der Waals surface area contributed by atoms with Gasteiger partial charge in [-0.15, -0.1) is 0 Å². The number of benzene rings is 1. The smallest absolute Gasteiger partial charge is 0.475 e. The Labute approximate surface area is 208 Å². The zero-order valence-corrected chi connectivity index (χ0v) is 20.1. The molecule has 0 spiro atoms. The highest BCUT2D eigenvalue weighted by atomic mass is 19.4. The van der Waals surface area contributed by atoms with Crippen molar-refractivity contribution in [1.82, 2.24) is 9.80 Å². The number of carbonyl (C=O) groups excluding carboxylic acids is 2. The fourth-order valence-corrected chi connectivity index (χ4v) is 5.50. The number of aliphatic carboxylic acids is 1. The highest BCUT2D eigenvalue weighted by molar-refractivity contribution is 5.92. The van der Waals surface area contributed by atoms with Crippen LogP contribution in [0.3, 0.4) is 0 Å². The van der Waals surface area contributed by atoms with Crippen LogP contribution in [0, 0.1) is 5.92 Å². The van der Waals surface area contributed by atoms with Gasteiger partial charge < -0.3 is 20.8 Å². The van der Waals surface area contributed by atoms with Crippen molar-refractivity contribution in [1.29, 1.82) is 0 Å². The van der Waals surface area contributed by atoms with E-state index in [4.69, 9.17) is 15.6 Å². The number of fused-ring (bicyclic) bond motifs is 2. The van der Waals surface area contributed by atoms with Crippen LogP contribution in [0.25, 0.3) is 0 Å². The fraction of sp³-hybridized carbons (Fsp3) is 0.640. The molecule has 2 atom stereocenters. The minimum Gasteiger partial charge on any atom is -0.475 e. The van der Waals surface area contributed by atoms with Crippen molar-refractivity contribution in [2.24, 2.45) is 11.7 Å². The number of rotatable bonds is 8. The van der Waals surface area contributed by atoms with Crippen LogP contribution in [0.2, 0.25) is 0 Å². The van der Waals surface area contributed by atoms with Gasteiger partial charge in [-0.1, -0.05) is 18.6 Å². The van der Waals surface area contributed by atoms with Gasteiger partial charge in [0, 0.05) is 37.3 Å². The Kier molecular flexibility index (Phi) is 9.35. The molecule has 2 aliphatic heterocycles. The van der Waals surface area contributed by atoms with E-state index in [1.54, 1.807) is 6.07 Å². The number of primary amides is 1. The van der Waals surface area contributed by atoms with Gasteiger partial charge >= 0.3 is 12.1 Å². The largest absolute Gasteiger partial charge is 0.490 e. The zero-order valence-electron chi connectivity index (χ0n) is 20.1. The Morgan fingerprint density at radius 2 is 1.69 bits per heavy atom. The fourth-order valence-electron chi connectivity index (χ4n) is 5.50. The maximum atomic E-state index is 12.2. The van der Waals surface area contributed by atoms with Crippen LogP contribution in [0.4, 0.5) is 13.2 Å². The average molecular weight is 514 g/mol. The van der Waals surface area contributed by atoms with Crippen molar-refractivity contribution in [3.8, 4) is 0 Å². The molecule has 3 aliphatic rings. The first kappa shape index (κ1) is 27.9. The second-order valence-corrected chi connectivity index (χ2v) is 9.88. The van der Waals surface area contributed by atoms with Crippen LogP contribution in [-0.4, -0.2) is 82.3 Å². The molecule has 2 amide bonds. The van der Waals surface area contributed by atoms with Crippen molar-refractivity contribution in [3.63, 3.8) is 0 Å². The molecule has 4 rings (SSSR count). The molecule has 36 heavy (non-hydrogen) atoms. The monoisotopic (exact) mass is 513 g/mol. The third-order valence-electron chi connectivity index (χ3n) is 7.59. The summed E-state index contributed by atoms with van der Waals surface area (Å²) in [5.74, 6) is -2.18. The van der Waals surface area contributed by atoms with Crippen molar-refractivity contribution in [3.05, 3.63) is 35.4 Å². The lowest BCUT2D eigenvalue weighted by molar-refractivity contribution is -0.192.